The van der Waals surface area contributed by atoms with Gasteiger partial charge in [0.25, 0.3) is 0 Å². The van der Waals surface area contributed by atoms with Crippen molar-refractivity contribution in [1.29, 1.82) is 0 Å². The van der Waals surface area contributed by atoms with E-state index in [0.717, 1.165) is 31.5 Å². The molecule has 106 valence electrons. The SMILES string of the molecule is CS(=O)(=O)N1CCCC1c1nncn1C1CCCC1. The molecule has 19 heavy (non-hydrogen) atoms. The van der Waals surface area contributed by atoms with E-state index in [4.69, 9.17) is 0 Å². The highest BCUT2D eigenvalue weighted by atomic mass is 32.2. The second-order valence-corrected chi connectivity index (χ2v) is 7.50. The van der Waals surface area contributed by atoms with Crippen LogP contribution in [-0.2, 0) is 10.0 Å². The van der Waals surface area contributed by atoms with Crippen LogP contribution < -0.4 is 0 Å². The Morgan fingerprint density at radius 3 is 2.63 bits per heavy atom. The summed E-state index contributed by atoms with van der Waals surface area (Å²) in [5, 5.41) is 8.23. The average molecular weight is 284 g/mol. The Morgan fingerprint density at radius 1 is 1.21 bits per heavy atom. The molecule has 1 unspecified atom stereocenters. The first-order valence-corrected chi connectivity index (χ1v) is 8.78. The van der Waals surface area contributed by atoms with E-state index in [9.17, 15) is 8.42 Å². The van der Waals surface area contributed by atoms with Crippen molar-refractivity contribution >= 4 is 10.0 Å². The van der Waals surface area contributed by atoms with Crippen molar-refractivity contribution in [2.24, 2.45) is 0 Å². The summed E-state index contributed by atoms with van der Waals surface area (Å²) in [5.41, 5.74) is 0. The van der Waals surface area contributed by atoms with Crippen molar-refractivity contribution < 1.29 is 8.42 Å². The normalized spacial score (nSPS) is 26.3. The van der Waals surface area contributed by atoms with Crippen molar-refractivity contribution in [1.82, 2.24) is 19.1 Å². The Balaban J connectivity index is 1.91. The lowest BCUT2D eigenvalue weighted by molar-refractivity contribution is 0.362. The Hall–Kier alpha value is -0.950. The first kappa shape index (κ1) is 13.1. The van der Waals surface area contributed by atoms with Crippen LogP contribution in [0, 0.1) is 0 Å². The molecule has 3 rings (SSSR count). The highest BCUT2D eigenvalue weighted by molar-refractivity contribution is 7.88. The molecule has 1 aromatic rings. The van der Waals surface area contributed by atoms with Crippen LogP contribution in [0.2, 0.25) is 0 Å². The summed E-state index contributed by atoms with van der Waals surface area (Å²) in [5.74, 6) is 0.829. The van der Waals surface area contributed by atoms with Gasteiger partial charge in [-0.1, -0.05) is 12.8 Å². The second-order valence-electron chi connectivity index (χ2n) is 5.57. The standard InChI is InChI=1S/C12H20N4O2S/c1-19(17,18)16-8-4-7-11(16)12-14-13-9-15(12)10-5-2-3-6-10/h9-11H,2-8H2,1H3. The van der Waals surface area contributed by atoms with Gasteiger partial charge < -0.3 is 4.57 Å². The molecule has 0 radical (unpaired) electrons. The van der Waals surface area contributed by atoms with Crippen molar-refractivity contribution in [3.05, 3.63) is 12.2 Å². The molecule has 1 aromatic heterocycles. The van der Waals surface area contributed by atoms with Gasteiger partial charge in [0.15, 0.2) is 5.82 Å². The Bertz CT molecular complexity index is 548. The summed E-state index contributed by atoms with van der Waals surface area (Å²) in [6, 6.07) is 0.324. The fourth-order valence-electron chi connectivity index (χ4n) is 3.35. The van der Waals surface area contributed by atoms with Crippen LogP contribution in [0.5, 0.6) is 0 Å². The third kappa shape index (κ3) is 2.41. The van der Waals surface area contributed by atoms with Crippen LogP contribution in [0.15, 0.2) is 6.33 Å². The topological polar surface area (TPSA) is 68.1 Å². The molecule has 2 heterocycles. The van der Waals surface area contributed by atoms with Crippen LogP contribution in [0.25, 0.3) is 0 Å². The van der Waals surface area contributed by atoms with Gasteiger partial charge >= 0.3 is 0 Å². The van der Waals surface area contributed by atoms with Gasteiger partial charge in [-0.05, 0) is 25.7 Å². The lowest BCUT2D eigenvalue weighted by atomic mass is 10.2. The van der Waals surface area contributed by atoms with Gasteiger partial charge in [-0.15, -0.1) is 10.2 Å². The molecular weight excluding hydrogens is 264 g/mol. The van der Waals surface area contributed by atoms with Crippen molar-refractivity contribution in [2.75, 3.05) is 12.8 Å². The molecule has 7 heteroatoms. The van der Waals surface area contributed by atoms with Crippen LogP contribution in [0.1, 0.15) is 56.4 Å². The third-order valence-corrected chi connectivity index (χ3v) is 5.54. The first-order valence-electron chi connectivity index (χ1n) is 6.93. The summed E-state index contributed by atoms with van der Waals surface area (Å²) in [6.07, 6.45) is 9.57. The van der Waals surface area contributed by atoms with Gasteiger partial charge in [-0.25, -0.2) is 8.42 Å². The molecular formula is C12H20N4O2S. The van der Waals surface area contributed by atoms with Gasteiger partial charge in [-0.3, -0.25) is 0 Å². The van der Waals surface area contributed by atoms with Crippen molar-refractivity contribution in [2.45, 2.75) is 50.6 Å². The predicted octanol–water partition coefficient (Wildman–Crippen LogP) is 1.49. The van der Waals surface area contributed by atoms with Crippen LogP contribution in [0.4, 0.5) is 0 Å². The number of hydrogen-bond acceptors (Lipinski definition) is 4. The molecule has 6 nitrogen and oxygen atoms in total. The predicted molar refractivity (Wildman–Crippen MR) is 71.1 cm³/mol. The molecule has 1 aliphatic carbocycles. The summed E-state index contributed by atoms with van der Waals surface area (Å²) in [7, 11) is -3.17. The van der Waals surface area contributed by atoms with Crippen molar-refractivity contribution in [3.63, 3.8) is 0 Å². The molecule has 1 saturated heterocycles. The maximum atomic E-state index is 11.8. The molecule has 0 aromatic carbocycles. The van der Waals surface area contributed by atoms with Gasteiger partial charge in [0.1, 0.15) is 6.33 Å². The van der Waals surface area contributed by atoms with Gasteiger partial charge in [-0.2, -0.15) is 4.31 Å². The summed E-state index contributed by atoms with van der Waals surface area (Å²) in [4.78, 5) is 0. The second kappa shape index (κ2) is 4.86. The van der Waals surface area contributed by atoms with Crippen LogP contribution in [0.3, 0.4) is 0 Å². The van der Waals surface area contributed by atoms with E-state index in [1.807, 2.05) is 0 Å². The number of aromatic nitrogens is 3. The summed E-state index contributed by atoms with van der Waals surface area (Å²) >= 11 is 0. The van der Waals surface area contributed by atoms with E-state index in [2.05, 4.69) is 14.8 Å². The summed E-state index contributed by atoms with van der Waals surface area (Å²) in [6.45, 7) is 0.598. The largest absolute Gasteiger partial charge is 0.313 e. The Morgan fingerprint density at radius 2 is 1.95 bits per heavy atom. The highest BCUT2D eigenvalue weighted by Crippen LogP contribution is 2.36. The minimum Gasteiger partial charge on any atom is -0.313 e. The molecule has 0 N–H and O–H groups in total. The minimum atomic E-state index is -3.17. The highest BCUT2D eigenvalue weighted by Gasteiger charge is 2.36. The van der Waals surface area contributed by atoms with Crippen molar-refractivity contribution in [3.8, 4) is 0 Å². The third-order valence-electron chi connectivity index (χ3n) is 4.25. The molecule has 1 saturated carbocycles. The van der Waals surface area contributed by atoms with Crippen LogP contribution in [-0.4, -0.2) is 40.3 Å². The lowest BCUT2D eigenvalue weighted by Gasteiger charge is -2.23. The Labute approximate surface area is 113 Å². The van der Waals surface area contributed by atoms with E-state index in [1.165, 1.54) is 19.1 Å². The van der Waals surface area contributed by atoms with E-state index in [0.29, 0.717) is 12.6 Å². The zero-order valence-electron chi connectivity index (χ0n) is 11.2. The van der Waals surface area contributed by atoms with E-state index in [1.54, 1.807) is 10.6 Å². The smallest absolute Gasteiger partial charge is 0.211 e. The van der Waals surface area contributed by atoms with E-state index in [-0.39, 0.29) is 6.04 Å². The van der Waals surface area contributed by atoms with Gasteiger partial charge in [0.2, 0.25) is 10.0 Å². The number of nitrogens with zero attached hydrogens (tertiary/aromatic N) is 4. The quantitative estimate of drug-likeness (QED) is 0.843. The zero-order valence-corrected chi connectivity index (χ0v) is 12.0. The molecule has 1 atom stereocenters. The molecule has 2 fully saturated rings. The number of rotatable bonds is 3. The molecule has 1 aliphatic heterocycles. The lowest BCUT2D eigenvalue weighted by Crippen LogP contribution is -2.31. The molecule has 0 bridgehead atoms. The number of hydrogen-bond donors (Lipinski definition) is 0. The summed E-state index contributed by atoms with van der Waals surface area (Å²) < 4.78 is 27.4. The Kier molecular flexibility index (Phi) is 3.34. The first-order chi connectivity index (χ1) is 9.07. The molecule has 0 amide bonds. The van der Waals surface area contributed by atoms with E-state index < -0.39 is 10.0 Å². The fraction of sp³-hybridized carbons (Fsp3) is 0.833. The average Bonchev–Trinajstić information content (AvgIpc) is 3.09. The monoisotopic (exact) mass is 284 g/mol. The fourth-order valence-corrected chi connectivity index (χ4v) is 4.47. The maximum absolute atomic E-state index is 11.8. The van der Waals surface area contributed by atoms with E-state index >= 15 is 0 Å². The number of sulfonamides is 1. The van der Waals surface area contributed by atoms with Gasteiger partial charge in [0, 0.05) is 12.6 Å². The zero-order chi connectivity index (χ0) is 13.5. The van der Waals surface area contributed by atoms with Crippen LogP contribution >= 0.6 is 0 Å². The molecule has 0 spiro atoms. The molecule has 2 aliphatic rings. The maximum Gasteiger partial charge on any atom is 0.211 e. The minimum absolute atomic E-state index is 0.127. The van der Waals surface area contributed by atoms with Gasteiger partial charge in [0.05, 0.1) is 12.3 Å².